The summed E-state index contributed by atoms with van der Waals surface area (Å²) < 4.78 is 5.41. The number of carbonyl (C=O) groups is 2. The van der Waals surface area contributed by atoms with Crippen molar-refractivity contribution in [3.05, 3.63) is 75.8 Å². The van der Waals surface area contributed by atoms with Crippen molar-refractivity contribution in [3.8, 4) is 0 Å². The fourth-order valence-corrected chi connectivity index (χ4v) is 2.92. The molecule has 0 fully saturated rings. The van der Waals surface area contributed by atoms with Gasteiger partial charge in [-0.15, -0.1) is 0 Å². The Bertz CT molecular complexity index is 893. The molecule has 8 heteroatoms. The Labute approximate surface area is 155 Å². The number of rotatable bonds is 5. The van der Waals surface area contributed by atoms with Gasteiger partial charge < -0.3 is 10.1 Å². The number of non-ortho nitro benzene ring substituents is 1. The number of nitro groups is 1. The Hall–Kier alpha value is -3.55. The third kappa shape index (κ3) is 4.17. The van der Waals surface area contributed by atoms with Crippen LogP contribution in [0.5, 0.6) is 0 Å². The summed E-state index contributed by atoms with van der Waals surface area (Å²) in [6, 6.07) is 13.6. The molecule has 138 valence electrons. The number of benzene rings is 2. The van der Waals surface area contributed by atoms with Gasteiger partial charge in [0.15, 0.2) is 0 Å². The first-order valence-electron chi connectivity index (χ1n) is 8.26. The van der Waals surface area contributed by atoms with Gasteiger partial charge in [-0.2, -0.15) is 0 Å². The zero-order chi connectivity index (χ0) is 19.4. The highest BCUT2D eigenvalue weighted by Crippen LogP contribution is 2.29. The third-order valence-electron chi connectivity index (χ3n) is 4.28. The smallest absolute Gasteiger partial charge is 0.341 e. The van der Waals surface area contributed by atoms with Crippen LogP contribution in [0.15, 0.2) is 59.6 Å². The van der Waals surface area contributed by atoms with E-state index in [9.17, 15) is 19.7 Å². The molecule has 0 saturated heterocycles. The first kappa shape index (κ1) is 18.2. The molecule has 0 aliphatic carbocycles. The maximum Gasteiger partial charge on any atom is 0.341 e. The van der Waals surface area contributed by atoms with Crippen molar-refractivity contribution in [2.75, 3.05) is 0 Å². The van der Waals surface area contributed by atoms with Crippen molar-refractivity contribution in [2.24, 2.45) is 10.9 Å². The number of nitrogens with zero attached hydrogens (tertiary/aromatic N) is 2. The van der Waals surface area contributed by atoms with E-state index in [4.69, 9.17) is 4.74 Å². The zero-order valence-corrected chi connectivity index (χ0v) is 14.5. The van der Waals surface area contributed by atoms with E-state index in [2.05, 4.69) is 10.3 Å². The van der Waals surface area contributed by atoms with Gasteiger partial charge in [-0.1, -0.05) is 42.5 Å². The average molecular weight is 367 g/mol. The van der Waals surface area contributed by atoms with E-state index < -0.39 is 28.9 Å². The molecule has 8 nitrogen and oxygen atoms in total. The number of ether oxygens (including phenoxy) is 1. The minimum Gasteiger partial charge on any atom is -0.460 e. The monoisotopic (exact) mass is 367 g/mol. The third-order valence-corrected chi connectivity index (χ3v) is 4.28. The molecule has 3 rings (SSSR count). The lowest BCUT2D eigenvalue weighted by atomic mass is 9.88. The minimum absolute atomic E-state index is 0.0746. The lowest BCUT2D eigenvalue weighted by Crippen LogP contribution is -2.44. The molecule has 0 aromatic heterocycles. The predicted molar refractivity (Wildman–Crippen MR) is 97.2 cm³/mol. The van der Waals surface area contributed by atoms with Crippen LogP contribution in [0.3, 0.4) is 0 Å². The normalized spacial score (nSPS) is 19.0. The van der Waals surface area contributed by atoms with Crippen molar-refractivity contribution in [2.45, 2.75) is 19.6 Å². The van der Waals surface area contributed by atoms with Gasteiger partial charge in [-0.3, -0.25) is 14.9 Å². The van der Waals surface area contributed by atoms with Gasteiger partial charge >= 0.3 is 12.0 Å². The van der Waals surface area contributed by atoms with E-state index in [0.29, 0.717) is 11.3 Å². The molecule has 1 aliphatic heterocycles. The topological polar surface area (TPSA) is 111 Å². The van der Waals surface area contributed by atoms with Gasteiger partial charge in [0.25, 0.3) is 5.69 Å². The van der Waals surface area contributed by atoms with E-state index in [-0.39, 0.29) is 12.3 Å². The molecule has 1 aliphatic rings. The highest BCUT2D eigenvalue weighted by Gasteiger charge is 2.38. The van der Waals surface area contributed by atoms with Crippen molar-refractivity contribution >= 4 is 23.4 Å². The molecule has 2 unspecified atom stereocenters. The van der Waals surface area contributed by atoms with E-state index >= 15 is 0 Å². The molecule has 2 aromatic carbocycles. The molecule has 0 spiro atoms. The number of aliphatic imine (C=N–C) groups is 1. The van der Waals surface area contributed by atoms with Crippen LogP contribution in [-0.4, -0.2) is 22.6 Å². The number of esters is 1. The number of urea groups is 1. The first-order valence-corrected chi connectivity index (χ1v) is 8.26. The maximum absolute atomic E-state index is 12.7. The number of amides is 2. The van der Waals surface area contributed by atoms with E-state index in [1.54, 1.807) is 6.92 Å². The number of nitrogens with one attached hydrogen (secondary N) is 1. The first-order chi connectivity index (χ1) is 13.0. The van der Waals surface area contributed by atoms with Crippen molar-refractivity contribution in [3.63, 3.8) is 0 Å². The summed E-state index contributed by atoms with van der Waals surface area (Å²) in [5.41, 5.74) is 1.66. The summed E-state index contributed by atoms with van der Waals surface area (Å²) in [6.07, 6.45) is 0. The standard InChI is InChI=1S/C19H17N3O5/c1-12-16(18(23)27-11-13-5-3-2-4-6-13)17(21-19(24)20-12)14-7-9-15(10-8-14)22(25)26/h2-10,16-17H,11H2,1H3,(H,21,24). The largest absolute Gasteiger partial charge is 0.460 e. The van der Waals surface area contributed by atoms with Crippen LogP contribution in [0.25, 0.3) is 0 Å². The second kappa shape index (κ2) is 7.77. The molecular formula is C19H17N3O5. The molecule has 1 N–H and O–H groups in total. The van der Waals surface area contributed by atoms with Crippen LogP contribution in [0.1, 0.15) is 24.1 Å². The zero-order valence-electron chi connectivity index (χ0n) is 14.5. The van der Waals surface area contributed by atoms with Crippen LogP contribution in [0.4, 0.5) is 10.5 Å². The summed E-state index contributed by atoms with van der Waals surface area (Å²) in [5.74, 6) is -1.34. The summed E-state index contributed by atoms with van der Waals surface area (Å²) in [5, 5.41) is 13.5. The molecule has 0 radical (unpaired) electrons. The molecule has 1 heterocycles. The van der Waals surface area contributed by atoms with Crippen LogP contribution < -0.4 is 5.32 Å². The Morgan fingerprint density at radius 3 is 2.48 bits per heavy atom. The molecule has 2 atom stereocenters. The van der Waals surface area contributed by atoms with E-state index in [1.165, 1.54) is 24.3 Å². The van der Waals surface area contributed by atoms with Gasteiger partial charge in [-0.05, 0) is 18.1 Å². The second-order valence-electron chi connectivity index (χ2n) is 6.10. The summed E-state index contributed by atoms with van der Waals surface area (Å²) in [4.78, 5) is 38.6. The van der Waals surface area contributed by atoms with Crippen molar-refractivity contribution < 1.29 is 19.2 Å². The van der Waals surface area contributed by atoms with E-state index in [1.807, 2.05) is 30.3 Å². The summed E-state index contributed by atoms with van der Waals surface area (Å²) in [7, 11) is 0. The van der Waals surface area contributed by atoms with Crippen LogP contribution in [-0.2, 0) is 16.1 Å². The summed E-state index contributed by atoms with van der Waals surface area (Å²) >= 11 is 0. The minimum atomic E-state index is -0.812. The number of nitro benzene ring substituents is 1. The lowest BCUT2D eigenvalue weighted by molar-refractivity contribution is -0.384. The number of hydrogen-bond donors (Lipinski definition) is 1. The SMILES string of the molecule is CC1=NC(=O)NC(c2ccc([N+](=O)[O-])cc2)C1C(=O)OCc1ccccc1. The van der Waals surface area contributed by atoms with Crippen LogP contribution >= 0.6 is 0 Å². The second-order valence-corrected chi connectivity index (χ2v) is 6.10. The Morgan fingerprint density at radius 2 is 1.85 bits per heavy atom. The molecule has 0 saturated carbocycles. The fraction of sp³-hybridized carbons (Fsp3) is 0.211. The van der Waals surface area contributed by atoms with Gasteiger partial charge in [0.2, 0.25) is 0 Å². The van der Waals surface area contributed by atoms with Crippen LogP contribution in [0, 0.1) is 16.0 Å². The van der Waals surface area contributed by atoms with Crippen molar-refractivity contribution in [1.29, 1.82) is 0 Å². The summed E-state index contributed by atoms with van der Waals surface area (Å²) in [6.45, 7) is 1.69. The quantitative estimate of drug-likeness (QED) is 0.496. The highest BCUT2D eigenvalue weighted by molar-refractivity contribution is 6.08. The number of carbonyl (C=O) groups excluding carboxylic acids is 2. The van der Waals surface area contributed by atoms with Gasteiger partial charge in [0.05, 0.1) is 11.0 Å². The lowest BCUT2D eigenvalue weighted by Gasteiger charge is -2.29. The fourth-order valence-electron chi connectivity index (χ4n) is 2.92. The Morgan fingerprint density at radius 1 is 1.19 bits per heavy atom. The van der Waals surface area contributed by atoms with Gasteiger partial charge in [0, 0.05) is 17.8 Å². The molecule has 2 amide bonds. The number of hydrogen-bond acceptors (Lipinski definition) is 5. The maximum atomic E-state index is 12.7. The van der Waals surface area contributed by atoms with Crippen LogP contribution in [0.2, 0.25) is 0 Å². The molecule has 0 bridgehead atoms. The van der Waals surface area contributed by atoms with Gasteiger partial charge in [-0.25, -0.2) is 9.79 Å². The van der Waals surface area contributed by atoms with Crippen molar-refractivity contribution in [1.82, 2.24) is 5.32 Å². The Balaban J connectivity index is 1.82. The average Bonchev–Trinajstić information content (AvgIpc) is 2.66. The van der Waals surface area contributed by atoms with Gasteiger partial charge in [0.1, 0.15) is 12.5 Å². The molecule has 2 aromatic rings. The molecular weight excluding hydrogens is 350 g/mol. The Kier molecular flexibility index (Phi) is 5.25. The van der Waals surface area contributed by atoms with E-state index in [0.717, 1.165) is 5.56 Å². The molecule has 27 heavy (non-hydrogen) atoms. The predicted octanol–water partition coefficient (Wildman–Crippen LogP) is 3.18. The highest BCUT2D eigenvalue weighted by atomic mass is 16.6.